The Morgan fingerprint density at radius 1 is 1.13 bits per heavy atom. The van der Waals surface area contributed by atoms with E-state index >= 15 is 0 Å². The smallest absolute Gasteiger partial charge is 0.253 e. The van der Waals surface area contributed by atoms with Gasteiger partial charge in [-0.25, -0.2) is 0 Å². The second-order valence-corrected chi connectivity index (χ2v) is 7.96. The van der Waals surface area contributed by atoms with Gasteiger partial charge in [-0.2, -0.15) is 0 Å². The van der Waals surface area contributed by atoms with Gasteiger partial charge in [-0.3, -0.25) is 4.79 Å². The van der Waals surface area contributed by atoms with Crippen LogP contribution in [0.4, 0.5) is 0 Å². The first kappa shape index (κ1) is 22.0. The van der Waals surface area contributed by atoms with Gasteiger partial charge in [-0.05, 0) is 61.7 Å². The van der Waals surface area contributed by atoms with Crippen molar-refractivity contribution in [3.8, 4) is 0 Å². The lowest BCUT2D eigenvalue weighted by Crippen LogP contribution is -2.41. The maximum atomic E-state index is 12.7. The Morgan fingerprint density at radius 2 is 1.87 bits per heavy atom. The number of thiocarbonyl (C=S) groups is 1. The van der Waals surface area contributed by atoms with Crippen LogP contribution < -0.4 is 10.9 Å². The third-order valence-electron chi connectivity index (χ3n) is 5.29. The van der Waals surface area contributed by atoms with Gasteiger partial charge >= 0.3 is 0 Å². The molecule has 0 saturated carbocycles. The van der Waals surface area contributed by atoms with E-state index in [1.165, 1.54) is 5.56 Å². The number of aromatic amines is 1. The number of hydrogen-bond acceptors (Lipinski definition) is 3. The molecule has 3 N–H and O–H groups in total. The third-order valence-corrected chi connectivity index (χ3v) is 5.69. The summed E-state index contributed by atoms with van der Waals surface area (Å²) in [5.41, 5.74) is 4.87. The summed E-state index contributed by atoms with van der Waals surface area (Å²) in [6.45, 7) is 5.81. The van der Waals surface area contributed by atoms with Gasteiger partial charge in [0, 0.05) is 30.6 Å². The summed E-state index contributed by atoms with van der Waals surface area (Å²) in [5, 5.41) is 14.2. The maximum Gasteiger partial charge on any atom is 0.253 e. The van der Waals surface area contributed by atoms with Crippen molar-refractivity contribution in [2.45, 2.75) is 33.2 Å². The molecule has 6 heteroatoms. The molecule has 0 radical (unpaired) electrons. The fraction of sp³-hybridized carbons (Fsp3) is 0.333. The second-order valence-electron chi connectivity index (χ2n) is 7.58. The first-order valence-electron chi connectivity index (χ1n) is 10.3. The minimum Gasteiger partial charge on any atom is -0.396 e. The quantitative estimate of drug-likeness (QED) is 0.484. The molecular formula is C24H29N3O2S. The molecule has 3 aromatic rings. The lowest BCUT2D eigenvalue weighted by Gasteiger charge is -2.26. The molecule has 0 atom stereocenters. The van der Waals surface area contributed by atoms with Crippen LogP contribution in [0.1, 0.15) is 28.7 Å². The van der Waals surface area contributed by atoms with Crippen LogP contribution >= 0.6 is 12.2 Å². The summed E-state index contributed by atoms with van der Waals surface area (Å²) in [7, 11) is 0. The summed E-state index contributed by atoms with van der Waals surface area (Å²) in [5.74, 6) is 0. The highest BCUT2D eigenvalue weighted by Gasteiger charge is 2.14. The van der Waals surface area contributed by atoms with Crippen molar-refractivity contribution in [2.24, 2.45) is 0 Å². The number of benzene rings is 2. The summed E-state index contributed by atoms with van der Waals surface area (Å²) in [6.07, 6.45) is 1.45. The van der Waals surface area contributed by atoms with Crippen molar-refractivity contribution >= 4 is 28.2 Å². The van der Waals surface area contributed by atoms with Gasteiger partial charge in [0.2, 0.25) is 0 Å². The number of hydrogen-bond donors (Lipinski definition) is 3. The number of nitrogens with one attached hydrogen (secondary N) is 2. The second kappa shape index (κ2) is 10.4. The van der Waals surface area contributed by atoms with E-state index in [1.54, 1.807) is 0 Å². The molecule has 0 aliphatic carbocycles. The number of pyridine rings is 1. The number of fused-ring (bicyclic) bond motifs is 1. The first-order chi connectivity index (χ1) is 14.5. The zero-order valence-corrected chi connectivity index (χ0v) is 18.4. The Bertz CT molecular complexity index is 1060. The van der Waals surface area contributed by atoms with Crippen LogP contribution in [0.5, 0.6) is 0 Å². The Kier molecular flexibility index (Phi) is 7.60. The molecule has 0 amide bonds. The zero-order chi connectivity index (χ0) is 21.5. The number of nitrogens with zero attached hydrogens (tertiary/aromatic N) is 1. The molecular weight excluding hydrogens is 394 g/mol. The Hall–Kier alpha value is -2.70. The molecule has 1 heterocycles. The van der Waals surface area contributed by atoms with Gasteiger partial charge in [-0.15, -0.1) is 0 Å². The molecule has 0 aliphatic heterocycles. The van der Waals surface area contributed by atoms with E-state index in [0.29, 0.717) is 36.7 Å². The van der Waals surface area contributed by atoms with Gasteiger partial charge in [0.15, 0.2) is 5.11 Å². The van der Waals surface area contributed by atoms with Crippen molar-refractivity contribution in [1.29, 1.82) is 0 Å². The Balaban J connectivity index is 1.75. The monoisotopic (exact) mass is 423 g/mol. The van der Waals surface area contributed by atoms with Crippen molar-refractivity contribution < 1.29 is 5.11 Å². The number of aliphatic hydroxyl groups is 1. The summed E-state index contributed by atoms with van der Waals surface area (Å²) in [6, 6.07) is 16.3. The largest absolute Gasteiger partial charge is 0.396 e. The molecule has 0 spiro atoms. The van der Waals surface area contributed by atoms with E-state index in [0.717, 1.165) is 28.5 Å². The molecule has 2 aromatic carbocycles. The van der Waals surface area contributed by atoms with Crippen LogP contribution in [0.2, 0.25) is 0 Å². The van der Waals surface area contributed by atoms with Crippen LogP contribution in [-0.4, -0.2) is 39.8 Å². The van der Waals surface area contributed by atoms with Crippen molar-refractivity contribution in [1.82, 2.24) is 15.2 Å². The fourth-order valence-corrected chi connectivity index (χ4v) is 3.78. The van der Waals surface area contributed by atoms with Gasteiger partial charge in [0.1, 0.15) is 0 Å². The Morgan fingerprint density at radius 3 is 2.60 bits per heavy atom. The van der Waals surface area contributed by atoms with Crippen LogP contribution in [0.15, 0.2) is 53.3 Å². The van der Waals surface area contributed by atoms with Gasteiger partial charge in [0.25, 0.3) is 5.56 Å². The van der Waals surface area contributed by atoms with Crippen molar-refractivity contribution in [3.05, 3.63) is 81.1 Å². The zero-order valence-electron chi connectivity index (χ0n) is 17.6. The highest BCUT2D eigenvalue weighted by molar-refractivity contribution is 7.80. The highest BCUT2D eigenvalue weighted by atomic mass is 32.1. The maximum absolute atomic E-state index is 12.7. The predicted molar refractivity (Wildman–Crippen MR) is 127 cm³/mol. The molecule has 0 bridgehead atoms. The highest BCUT2D eigenvalue weighted by Crippen LogP contribution is 2.20. The SMILES string of the molecule is Cc1ccc(C)c2[nH]c(=O)c(CN(CCCO)C(=S)NCCc3ccccc3)cc12. The molecule has 0 aliphatic rings. The average Bonchev–Trinajstić information content (AvgIpc) is 2.75. The van der Waals surface area contributed by atoms with Crippen LogP contribution in [0.3, 0.4) is 0 Å². The van der Waals surface area contributed by atoms with E-state index in [-0.39, 0.29) is 12.2 Å². The number of aliphatic hydroxyl groups excluding tert-OH is 1. The number of aryl methyl sites for hydroxylation is 2. The van der Waals surface area contributed by atoms with Gasteiger partial charge in [-0.1, -0.05) is 42.5 Å². The number of aromatic nitrogens is 1. The van der Waals surface area contributed by atoms with Crippen LogP contribution in [0, 0.1) is 13.8 Å². The summed E-state index contributed by atoms with van der Waals surface area (Å²) in [4.78, 5) is 17.7. The average molecular weight is 424 g/mol. The molecule has 0 saturated heterocycles. The predicted octanol–water partition coefficient (Wildman–Crippen LogP) is 3.45. The molecule has 5 nitrogen and oxygen atoms in total. The first-order valence-corrected chi connectivity index (χ1v) is 10.7. The summed E-state index contributed by atoms with van der Waals surface area (Å²) >= 11 is 5.61. The minimum atomic E-state index is -0.0997. The van der Waals surface area contributed by atoms with Crippen LogP contribution in [0.25, 0.3) is 10.9 Å². The lowest BCUT2D eigenvalue weighted by atomic mass is 10.0. The van der Waals surface area contributed by atoms with E-state index in [2.05, 4.69) is 28.5 Å². The van der Waals surface area contributed by atoms with E-state index in [9.17, 15) is 9.90 Å². The van der Waals surface area contributed by atoms with Crippen molar-refractivity contribution in [3.63, 3.8) is 0 Å². The van der Waals surface area contributed by atoms with E-state index in [4.69, 9.17) is 12.2 Å². The van der Waals surface area contributed by atoms with Crippen LogP contribution in [-0.2, 0) is 13.0 Å². The third kappa shape index (κ3) is 5.46. The Labute approximate surface area is 182 Å². The fourth-order valence-electron chi connectivity index (χ4n) is 3.53. The lowest BCUT2D eigenvalue weighted by molar-refractivity contribution is 0.264. The number of rotatable bonds is 8. The summed E-state index contributed by atoms with van der Waals surface area (Å²) < 4.78 is 0. The molecule has 0 fully saturated rings. The standard InChI is InChI=1S/C24H29N3O2S/c1-17-9-10-18(2)22-21(17)15-20(23(29)26-22)16-27(13-6-14-28)24(30)25-12-11-19-7-4-3-5-8-19/h3-5,7-10,15,28H,6,11-14,16H2,1-2H3,(H,25,30)(H,26,29). The van der Waals surface area contributed by atoms with Gasteiger partial charge in [0.05, 0.1) is 12.1 Å². The molecule has 1 aromatic heterocycles. The number of H-pyrrole nitrogens is 1. The van der Waals surface area contributed by atoms with Gasteiger partial charge < -0.3 is 20.3 Å². The minimum absolute atomic E-state index is 0.0789. The van der Waals surface area contributed by atoms with E-state index < -0.39 is 0 Å². The molecule has 30 heavy (non-hydrogen) atoms. The molecule has 158 valence electrons. The van der Waals surface area contributed by atoms with E-state index in [1.807, 2.05) is 49.1 Å². The normalized spacial score (nSPS) is 10.9. The topological polar surface area (TPSA) is 68.4 Å². The van der Waals surface area contributed by atoms with Crippen molar-refractivity contribution in [2.75, 3.05) is 19.7 Å². The molecule has 0 unspecified atom stereocenters. The molecule has 3 rings (SSSR count).